The molecule has 0 amide bonds. The lowest BCUT2D eigenvalue weighted by Crippen LogP contribution is -2.62. The highest BCUT2D eigenvalue weighted by molar-refractivity contribution is 5.22. The van der Waals surface area contributed by atoms with Gasteiger partial charge in [-0.25, -0.2) is 0 Å². The van der Waals surface area contributed by atoms with Gasteiger partial charge in [-0.1, -0.05) is 51.5 Å². The van der Waals surface area contributed by atoms with Gasteiger partial charge in [0.25, 0.3) is 0 Å². The van der Waals surface area contributed by atoms with Gasteiger partial charge in [0.2, 0.25) is 0 Å². The molecular weight excluding hydrogens is 256 g/mol. The Bertz CT molecular complexity index is 426. The minimum atomic E-state index is 0.271. The van der Waals surface area contributed by atoms with Gasteiger partial charge >= 0.3 is 0 Å². The van der Waals surface area contributed by atoms with Crippen LogP contribution in [0.3, 0.4) is 0 Å². The van der Waals surface area contributed by atoms with Crippen LogP contribution >= 0.6 is 0 Å². The molecule has 1 saturated heterocycles. The Balaban J connectivity index is 2.07. The third-order valence-electron chi connectivity index (χ3n) is 5.05. The second-order valence-electron chi connectivity index (χ2n) is 6.81. The fourth-order valence-electron chi connectivity index (χ4n) is 3.28. The zero-order valence-corrected chi connectivity index (χ0v) is 14.3. The predicted molar refractivity (Wildman–Crippen MR) is 91.6 cm³/mol. The fraction of sp³-hybridized carbons (Fsp3) is 0.684. The van der Waals surface area contributed by atoms with Crippen molar-refractivity contribution in [2.75, 3.05) is 13.1 Å². The summed E-state index contributed by atoms with van der Waals surface area (Å²) in [6.07, 6.45) is 4.87. The van der Waals surface area contributed by atoms with Crippen molar-refractivity contribution in [3.63, 3.8) is 0 Å². The first-order valence-corrected chi connectivity index (χ1v) is 8.67. The number of nitrogens with one attached hydrogen (secondary N) is 1. The highest BCUT2D eigenvalue weighted by atomic mass is 15.2. The molecule has 21 heavy (non-hydrogen) atoms. The molecule has 1 fully saturated rings. The van der Waals surface area contributed by atoms with Crippen molar-refractivity contribution in [1.29, 1.82) is 0 Å². The Morgan fingerprint density at radius 1 is 1.14 bits per heavy atom. The van der Waals surface area contributed by atoms with Crippen LogP contribution in [-0.4, -0.2) is 29.6 Å². The van der Waals surface area contributed by atoms with Crippen LogP contribution in [0.25, 0.3) is 0 Å². The third-order valence-corrected chi connectivity index (χ3v) is 5.05. The van der Waals surface area contributed by atoms with E-state index >= 15 is 0 Å². The Morgan fingerprint density at radius 2 is 1.81 bits per heavy atom. The molecule has 1 aliphatic rings. The largest absolute Gasteiger partial charge is 0.309 e. The van der Waals surface area contributed by atoms with Crippen molar-refractivity contribution in [2.24, 2.45) is 0 Å². The molecule has 0 radical (unpaired) electrons. The van der Waals surface area contributed by atoms with E-state index in [-0.39, 0.29) is 5.54 Å². The van der Waals surface area contributed by atoms with Crippen LogP contribution in [0, 0.1) is 0 Å². The van der Waals surface area contributed by atoms with E-state index in [4.69, 9.17) is 0 Å². The molecule has 2 heteroatoms. The van der Waals surface area contributed by atoms with Gasteiger partial charge in [0.1, 0.15) is 0 Å². The molecule has 0 aromatic heterocycles. The molecule has 1 aliphatic heterocycles. The molecule has 2 unspecified atom stereocenters. The number of nitrogens with zero attached hydrogens (tertiary/aromatic N) is 1. The van der Waals surface area contributed by atoms with Crippen LogP contribution in [0.15, 0.2) is 24.3 Å². The summed E-state index contributed by atoms with van der Waals surface area (Å²) in [7, 11) is 0. The summed E-state index contributed by atoms with van der Waals surface area (Å²) in [4.78, 5) is 2.70. The lowest BCUT2D eigenvalue weighted by atomic mass is 9.92. The van der Waals surface area contributed by atoms with Crippen molar-refractivity contribution in [2.45, 2.75) is 71.5 Å². The van der Waals surface area contributed by atoms with Gasteiger partial charge in [-0.2, -0.15) is 0 Å². The number of rotatable bonds is 6. The summed E-state index contributed by atoms with van der Waals surface area (Å²) in [6.45, 7) is 12.5. The van der Waals surface area contributed by atoms with Crippen LogP contribution in [0.4, 0.5) is 0 Å². The lowest BCUT2D eigenvalue weighted by molar-refractivity contribution is 0.0726. The van der Waals surface area contributed by atoms with Crippen molar-refractivity contribution in [3.8, 4) is 0 Å². The number of hydrogen-bond acceptors (Lipinski definition) is 2. The molecule has 1 aromatic rings. The molecule has 0 spiro atoms. The molecule has 2 nitrogen and oxygen atoms in total. The average molecular weight is 288 g/mol. The number of benzene rings is 1. The van der Waals surface area contributed by atoms with E-state index < -0.39 is 0 Å². The summed E-state index contributed by atoms with van der Waals surface area (Å²) in [5, 5.41) is 3.77. The molecule has 0 aliphatic carbocycles. The first-order valence-electron chi connectivity index (χ1n) is 8.67. The smallest absolute Gasteiger partial charge is 0.0278 e. The number of aryl methyl sites for hydroxylation is 1. The van der Waals surface area contributed by atoms with Gasteiger partial charge in [-0.15, -0.1) is 0 Å². The Hall–Kier alpha value is -0.860. The first kappa shape index (κ1) is 16.5. The van der Waals surface area contributed by atoms with E-state index in [1.807, 2.05) is 0 Å². The molecule has 1 aromatic carbocycles. The maximum absolute atomic E-state index is 3.77. The monoisotopic (exact) mass is 288 g/mol. The second-order valence-corrected chi connectivity index (χ2v) is 6.81. The highest BCUT2D eigenvalue weighted by Crippen LogP contribution is 2.23. The minimum absolute atomic E-state index is 0.271. The summed E-state index contributed by atoms with van der Waals surface area (Å²) < 4.78 is 0. The van der Waals surface area contributed by atoms with E-state index in [0.29, 0.717) is 6.04 Å². The average Bonchev–Trinajstić information content (AvgIpc) is 2.51. The van der Waals surface area contributed by atoms with E-state index in [1.54, 1.807) is 0 Å². The first-order chi connectivity index (χ1) is 10.1. The lowest BCUT2D eigenvalue weighted by Gasteiger charge is -2.46. The van der Waals surface area contributed by atoms with E-state index in [0.717, 1.165) is 26.1 Å². The maximum Gasteiger partial charge on any atom is 0.0278 e. The van der Waals surface area contributed by atoms with Crippen LogP contribution in [0.2, 0.25) is 0 Å². The molecule has 118 valence electrons. The molecule has 1 heterocycles. The summed E-state index contributed by atoms with van der Waals surface area (Å²) in [5.74, 6) is 0. The Kier molecular flexibility index (Phi) is 5.83. The standard InChI is InChI=1S/C19H32N2/c1-5-8-18-13-20-19(4,7-3)15-21(18)14-17-11-9-16(6-2)10-12-17/h9-12,18,20H,5-8,13-15H2,1-4H3. The normalized spacial score (nSPS) is 27.0. The van der Waals surface area contributed by atoms with Gasteiger partial charge in [0.15, 0.2) is 0 Å². The van der Waals surface area contributed by atoms with Crippen molar-refractivity contribution in [1.82, 2.24) is 10.2 Å². The number of piperazine rings is 1. The molecule has 2 atom stereocenters. The van der Waals surface area contributed by atoms with Crippen molar-refractivity contribution in [3.05, 3.63) is 35.4 Å². The molecule has 0 saturated carbocycles. The summed E-state index contributed by atoms with van der Waals surface area (Å²) in [6, 6.07) is 9.87. The Labute approximate surface area is 130 Å². The van der Waals surface area contributed by atoms with Gasteiger partial charge < -0.3 is 5.32 Å². The van der Waals surface area contributed by atoms with E-state index in [1.165, 1.54) is 30.4 Å². The van der Waals surface area contributed by atoms with Crippen LogP contribution in [-0.2, 0) is 13.0 Å². The van der Waals surface area contributed by atoms with E-state index in [9.17, 15) is 0 Å². The third kappa shape index (κ3) is 4.31. The second kappa shape index (κ2) is 7.42. The highest BCUT2D eigenvalue weighted by Gasteiger charge is 2.33. The topological polar surface area (TPSA) is 15.3 Å². The molecule has 0 bridgehead atoms. The van der Waals surface area contributed by atoms with Crippen molar-refractivity contribution >= 4 is 0 Å². The van der Waals surface area contributed by atoms with Gasteiger partial charge in [0.05, 0.1) is 0 Å². The quantitative estimate of drug-likeness (QED) is 0.851. The molecule has 1 N–H and O–H groups in total. The van der Waals surface area contributed by atoms with Crippen LogP contribution in [0.5, 0.6) is 0 Å². The predicted octanol–water partition coefficient (Wildman–Crippen LogP) is 3.99. The van der Waals surface area contributed by atoms with Gasteiger partial charge in [-0.05, 0) is 37.3 Å². The zero-order valence-electron chi connectivity index (χ0n) is 14.3. The summed E-state index contributed by atoms with van der Waals surface area (Å²) >= 11 is 0. The molecular formula is C19H32N2. The van der Waals surface area contributed by atoms with Crippen LogP contribution in [0.1, 0.15) is 58.1 Å². The fourth-order valence-corrected chi connectivity index (χ4v) is 3.28. The maximum atomic E-state index is 3.77. The van der Waals surface area contributed by atoms with Crippen molar-refractivity contribution < 1.29 is 0 Å². The Morgan fingerprint density at radius 3 is 2.38 bits per heavy atom. The molecule has 2 rings (SSSR count). The van der Waals surface area contributed by atoms with E-state index in [2.05, 4.69) is 62.2 Å². The number of hydrogen-bond donors (Lipinski definition) is 1. The van der Waals surface area contributed by atoms with Gasteiger partial charge in [-0.3, -0.25) is 4.90 Å². The SMILES string of the molecule is CCCC1CNC(C)(CC)CN1Cc1ccc(CC)cc1. The van der Waals surface area contributed by atoms with Crippen LogP contribution < -0.4 is 5.32 Å². The van der Waals surface area contributed by atoms with Gasteiger partial charge in [0, 0.05) is 31.2 Å². The minimum Gasteiger partial charge on any atom is -0.309 e. The summed E-state index contributed by atoms with van der Waals surface area (Å²) in [5.41, 5.74) is 3.16. The zero-order chi connectivity index (χ0) is 15.3.